The number of hydrogen-bond acceptors (Lipinski definition) is 1. The standard InChI is InChI=1S/C51H32S/c1-3-9-32(10-4-1)34-16-23-48-49-24-17-35(31-51(49)52-50(48)30-34)33-15-20-46-39(25-33)29-41-28-38(19-22-47(41)46)44-14-8-7-13-43(44)37-18-21-45-40(27-37)26-36-11-5-2-6-12-42(36)45/h1-4,6-25,27-28,30-31H,26,29H2. The molecule has 1 heterocycles. The Balaban J connectivity index is 0.896. The maximum atomic E-state index is 3.29. The van der Waals surface area contributed by atoms with Crippen LogP contribution in [0.1, 0.15) is 22.3 Å². The number of rotatable bonds is 4. The van der Waals surface area contributed by atoms with Gasteiger partial charge in [-0.05, 0) is 126 Å². The summed E-state index contributed by atoms with van der Waals surface area (Å²) in [7, 11) is 0. The van der Waals surface area contributed by atoms with Crippen molar-refractivity contribution in [2.75, 3.05) is 0 Å². The lowest BCUT2D eigenvalue weighted by atomic mass is 9.91. The topological polar surface area (TPSA) is 0 Å². The maximum absolute atomic E-state index is 3.29. The van der Waals surface area contributed by atoms with Crippen molar-refractivity contribution in [3.05, 3.63) is 203 Å². The van der Waals surface area contributed by atoms with Crippen molar-refractivity contribution >= 4 is 37.1 Å². The highest BCUT2D eigenvalue weighted by molar-refractivity contribution is 7.25. The second kappa shape index (κ2) is 11.7. The van der Waals surface area contributed by atoms with Crippen LogP contribution in [-0.4, -0.2) is 0 Å². The molecule has 11 rings (SSSR count). The number of benzene rings is 7. The van der Waals surface area contributed by atoms with Crippen molar-refractivity contribution in [1.29, 1.82) is 0 Å². The van der Waals surface area contributed by atoms with Crippen molar-refractivity contribution < 1.29 is 0 Å². The second-order valence-corrected chi connectivity index (χ2v) is 15.3. The third kappa shape index (κ3) is 4.75. The second-order valence-electron chi connectivity index (χ2n) is 14.2. The molecular formula is C51H32S. The summed E-state index contributed by atoms with van der Waals surface area (Å²) in [5, 5.41) is 2.67. The van der Waals surface area contributed by atoms with Crippen molar-refractivity contribution in [3.63, 3.8) is 0 Å². The van der Waals surface area contributed by atoms with Gasteiger partial charge in [-0.25, -0.2) is 0 Å². The minimum Gasteiger partial charge on any atom is -0.135 e. The Kier molecular flexibility index (Phi) is 6.61. The maximum Gasteiger partial charge on any atom is 0.0361 e. The summed E-state index contributed by atoms with van der Waals surface area (Å²) >= 11 is 1.89. The molecule has 0 unspecified atom stereocenters. The fourth-order valence-electron chi connectivity index (χ4n) is 8.63. The zero-order valence-corrected chi connectivity index (χ0v) is 29.3. The van der Waals surface area contributed by atoms with Crippen LogP contribution < -0.4 is 0 Å². The van der Waals surface area contributed by atoms with Crippen LogP contribution in [0, 0.1) is 0 Å². The predicted octanol–water partition coefficient (Wildman–Crippen LogP) is 13.9. The first-order chi connectivity index (χ1) is 25.7. The smallest absolute Gasteiger partial charge is 0.0361 e. The molecule has 0 saturated carbocycles. The predicted molar refractivity (Wildman–Crippen MR) is 222 cm³/mol. The van der Waals surface area contributed by atoms with Gasteiger partial charge in [-0.15, -0.1) is 17.1 Å². The molecule has 7 aromatic carbocycles. The number of hydrogen-bond donors (Lipinski definition) is 0. The highest BCUT2D eigenvalue weighted by Crippen LogP contribution is 2.44. The van der Waals surface area contributed by atoms with Gasteiger partial charge in [-0.2, -0.15) is 0 Å². The summed E-state index contributed by atoms with van der Waals surface area (Å²) in [5.74, 6) is 0. The van der Waals surface area contributed by atoms with E-state index in [9.17, 15) is 0 Å². The lowest BCUT2D eigenvalue weighted by Gasteiger charge is -2.13. The van der Waals surface area contributed by atoms with E-state index < -0.39 is 0 Å². The van der Waals surface area contributed by atoms with Gasteiger partial charge < -0.3 is 0 Å². The molecule has 3 aliphatic rings. The average molecular weight is 677 g/mol. The molecule has 1 heteroatoms. The van der Waals surface area contributed by atoms with Crippen LogP contribution in [0.4, 0.5) is 0 Å². The Morgan fingerprint density at radius 2 is 0.962 bits per heavy atom. The van der Waals surface area contributed by atoms with Gasteiger partial charge in [0.05, 0.1) is 0 Å². The van der Waals surface area contributed by atoms with Crippen LogP contribution in [0.3, 0.4) is 0 Å². The van der Waals surface area contributed by atoms with E-state index >= 15 is 0 Å². The summed E-state index contributed by atoms with van der Waals surface area (Å²) in [6.07, 6.45) is 10.4. The quantitative estimate of drug-likeness (QED) is 0.163. The molecule has 1 aromatic heterocycles. The van der Waals surface area contributed by atoms with Gasteiger partial charge in [0.15, 0.2) is 0 Å². The van der Waals surface area contributed by atoms with E-state index in [4.69, 9.17) is 0 Å². The first kappa shape index (κ1) is 29.5. The normalized spacial score (nSPS) is 13.8. The molecule has 0 saturated heterocycles. The summed E-state index contributed by atoms with van der Waals surface area (Å²) in [4.78, 5) is 0. The summed E-state index contributed by atoms with van der Waals surface area (Å²) in [6.45, 7) is 0. The molecule has 3 aliphatic carbocycles. The third-order valence-electron chi connectivity index (χ3n) is 11.2. The third-order valence-corrected chi connectivity index (χ3v) is 12.3. The highest BCUT2D eigenvalue weighted by Gasteiger charge is 2.22. The van der Waals surface area contributed by atoms with E-state index in [0.717, 1.165) is 12.8 Å². The Morgan fingerprint density at radius 3 is 1.65 bits per heavy atom. The fraction of sp³-hybridized carbons (Fsp3) is 0.0392. The van der Waals surface area contributed by atoms with E-state index in [-0.39, 0.29) is 0 Å². The zero-order valence-electron chi connectivity index (χ0n) is 28.5. The molecule has 0 N–H and O–H groups in total. The molecule has 8 aromatic rings. The van der Waals surface area contributed by atoms with E-state index in [0.29, 0.717) is 0 Å². The summed E-state index contributed by atoms with van der Waals surface area (Å²) in [5.41, 5.74) is 24.5. The van der Waals surface area contributed by atoms with Gasteiger partial charge in [0.2, 0.25) is 0 Å². The van der Waals surface area contributed by atoms with Gasteiger partial charge in [0.1, 0.15) is 0 Å². The van der Waals surface area contributed by atoms with Crippen LogP contribution in [0.15, 0.2) is 181 Å². The zero-order chi connectivity index (χ0) is 34.2. The molecule has 0 atom stereocenters. The first-order valence-electron chi connectivity index (χ1n) is 18.1. The van der Waals surface area contributed by atoms with E-state index in [2.05, 4.69) is 170 Å². The number of allylic oxidation sites excluding steroid dienone is 5. The van der Waals surface area contributed by atoms with Crippen LogP contribution >= 0.6 is 11.3 Å². The number of thiophene rings is 1. The van der Waals surface area contributed by atoms with Gasteiger partial charge in [0.25, 0.3) is 0 Å². The first-order valence-corrected chi connectivity index (χ1v) is 18.9. The minimum atomic E-state index is 0.952. The van der Waals surface area contributed by atoms with Gasteiger partial charge in [-0.3, -0.25) is 0 Å². The van der Waals surface area contributed by atoms with Crippen molar-refractivity contribution in [3.8, 4) is 55.6 Å². The Bertz CT molecular complexity index is 2920. The van der Waals surface area contributed by atoms with Crippen LogP contribution in [0.25, 0.3) is 81.4 Å². The van der Waals surface area contributed by atoms with Crippen molar-refractivity contribution in [2.45, 2.75) is 12.8 Å². The van der Waals surface area contributed by atoms with Crippen LogP contribution in [0.2, 0.25) is 0 Å². The molecule has 0 bridgehead atoms. The Morgan fingerprint density at radius 1 is 0.423 bits per heavy atom. The van der Waals surface area contributed by atoms with E-state index in [1.54, 1.807) is 0 Å². The number of fused-ring (bicyclic) bond motifs is 8. The fourth-order valence-corrected chi connectivity index (χ4v) is 9.81. The average Bonchev–Trinajstić information content (AvgIpc) is 3.81. The summed E-state index contributed by atoms with van der Waals surface area (Å²) in [6, 6.07) is 54.6. The van der Waals surface area contributed by atoms with Crippen molar-refractivity contribution in [1.82, 2.24) is 0 Å². The molecule has 0 spiro atoms. The van der Waals surface area contributed by atoms with Gasteiger partial charge >= 0.3 is 0 Å². The Labute approximate surface area is 307 Å². The van der Waals surface area contributed by atoms with Gasteiger partial charge in [0, 0.05) is 20.2 Å². The van der Waals surface area contributed by atoms with Crippen molar-refractivity contribution in [2.24, 2.45) is 0 Å². The molecule has 0 nitrogen and oxygen atoms in total. The molecule has 0 aliphatic heterocycles. The SMILES string of the molecule is C1=CC=CC2=C(C=1)Cc1cc(-c3ccccc3-c3ccc4c(c3)Cc3cc(-c5ccc6c(c5)sc5cc(-c7ccccc7)ccc56)ccc3-4)ccc12. The van der Waals surface area contributed by atoms with Crippen LogP contribution in [-0.2, 0) is 12.8 Å². The molecule has 242 valence electrons. The molecule has 0 fully saturated rings. The highest BCUT2D eigenvalue weighted by atomic mass is 32.1. The largest absolute Gasteiger partial charge is 0.135 e. The van der Waals surface area contributed by atoms with Crippen LogP contribution in [0.5, 0.6) is 0 Å². The minimum absolute atomic E-state index is 0.952. The van der Waals surface area contributed by atoms with Gasteiger partial charge in [-0.1, -0.05) is 146 Å². The lowest BCUT2D eigenvalue weighted by molar-refractivity contribution is 1.25. The van der Waals surface area contributed by atoms with E-state index in [1.807, 2.05) is 17.4 Å². The monoisotopic (exact) mass is 676 g/mol. The molecule has 52 heavy (non-hydrogen) atoms. The molecule has 0 radical (unpaired) electrons. The Hall–Kier alpha value is -6.24. The van der Waals surface area contributed by atoms with E-state index in [1.165, 1.54) is 109 Å². The lowest BCUT2D eigenvalue weighted by Crippen LogP contribution is -1.90. The summed E-state index contributed by atoms with van der Waals surface area (Å²) < 4.78 is 2.68. The molecule has 0 amide bonds. The molecular weight excluding hydrogens is 645 g/mol.